The Morgan fingerprint density at radius 1 is 1.13 bits per heavy atom. The maximum absolute atomic E-state index is 13.2. The SMILES string of the molecule is O=C(CNc1ccc(F)c([N+](=O)[O-])c1)Nc1ccc(F)c(Cl)c1. The molecular weight excluding hydrogens is 332 g/mol. The molecule has 0 fully saturated rings. The summed E-state index contributed by atoms with van der Waals surface area (Å²) in [6.07, 6.45) is 0. The van der Waals surface area contributed by atoms with E-state index < -0.39 is 28.2 Å². The molecule has 1 amide bonds. The Balaban J connectivity index is 1.97. The number of amides is 1. The first-order chi connectivity index (χ1) is 10.9. The first kappa shape index (κ1) is 16.6. The zero-order valence-electron chi connectivity index (χ0n) is 11.5. The van der Waals surface area contributed by atoms with Gasteiger partial charge in [-0.2, -0.15) is 4.39 Å². The van der Waals surface area contributed by atoms with Crippen molar-refractivity contribution in [1.29, 1.82) is 0 Å². The van der Waals surface area contributed by atoms with E-state index in [2.05, 4.69) is 10.6 Å². The Bertz CT molecular complexity index is 771. The first-order valence-corrected chi connectivity index (χ1v) is 6.67. The van der Waals surface area contributed by atoms with Gasteiger partial charge in [-0.15, -0.1) is 0 Å². The minimum absolute atomic E-state index is 0.134. The van der Waals surface area contributed by atoms with E-state index >= 15 is 0 Å². The topological polar surface area (TPSA) is 84.3 Å². The van der Waals surface area contributed by atoms with Gasteiger partial charge < -0.3 is 10.6 Å². The van der Waals surface area contributed by atoms with E-state index in [0.29, 0.717) is 5.69 Å². The number of halogens is 3. The lowest BCUT2D eigenvalue weighted by atomic mass is 10.2. The zero-order valence-corrected chi connectivity index (χ0v) is 12.2. The van der Waals surface area contributed by atoms with Gasteiger partial charge in [0.05, 0.1) is 16.5 Å². The number of hydrogen-bond acceptors (Lipinski definition) is 4. The largest absolute Gasteiger partial charge is 0.376 e. The molecule has 0 bridgehead atoms. The van der Waals surface area contributed by atoms with Crippen LogP contribution < -0.4 is 10.6 Å². The predicted molar refractivity (Wildman–Crippen MR) is 81.6 cm³/mol. The van der Waals surface area contributed by atoms with Gasteiger partial charge in [0.15, 0.2) is 0 Å². The van der Waals surface area contributed by atoms with Gasteiger partial charge in [-0.1, -0.05) is 11.6 Å². The fraction of sp³-hybridized carbons (Fsp3) is 0.0714. The number of benzene rings is 2. The summed E-state index contributed by atoms with van der Waals surface area (Å²) in [5.74, 6) is -2.06. The second-order valence-corrected chi connectivity index (χ2v) is 4.86. The lowest BCUT2D eigenvalue weighted by Gasteiger charge is -2.08. The average molecular weight is 342 g/mol. The highest BCUT2D eigenvalue weighted by molar-refractivity contribution is 6.31. The highest BCUT2D eigenvalue weighted by Crippen LogP contribution is 2.22. The summed E-state index contributed by atoms with van der Waals surface area (Å²) < 4.78 is 26.2. The molecular formula is C14H10ClF2N3O3. The first-order valence-electron chi connectivity index (χ1n) is 6.29. The molecule has 2 rings (SSSR count). The van der Waals surface area contributed by atoms with Crippen LogP contribution in [-0.4, -0.2) is 17.4 Å². The highest BCUT2D eigenvalue weighted by atomic mass is 35.5. The molecule has 0 radical (unpaired) electrons. The number of nitrogens with one attached hydrogen (secondary N) is 2. The van der Waals surface area contributed by atoms with Crippen molar-refractivity contribution < 1.29 is 18.5 Å². The van der Waals surface area contributed by atoms with Crippen molar-refractivity contribution in [3.05, 3.63) is 63.2 Å². The smallest absolute Gasteiger partial charge is 0.306 e. The molecule has 0 spiro atoms. The zero-order chi connectivity index (χ0) is 17.0. The second-order valence-electron chi connectivity index (χ2n) is 4.45. The number of nitrogens with zero attached hydrogens (tertiary/aromatic N) is 1. The van der Waals surface area contributed by atoms with Crippen molar-refractivity contribution in [2.45, 2.75) is 0 Å². The van der Waals surface area contributed by atoms with Crippen molar-refractivity contribution >= 4 is 34.6 Å². The van der Waals surface area contributed by atoms with E-state index in [1.54, 1.807) is 0 Å². The fourth-order valence-corrected chi connectivity index (χ4v) is 1.90. The number of nitro benzene ring substituents is 1. The number of nitro groups is 1. The van der Waals surface area contributed by atoms with Crippen LogP contribution in [0.3, 0.4) is 0 Å². The van der Waals surface area contributed by atoms with E-state index in [-0.39, 0.29) is 17.3 Å². The van der Waals surface area contributed by atoms with E-state index in [9.17, 15) is 23.7 Å². The van der Waals surface area contributed by atoms with Crippen LogP contribution in [-0.2, 0) is 4.79 Å². The molecule has 0 heterocycles. The molecule has 0 aliphatic carbocycles. The van der Waals surface area contributed by atoms with Gasteiger partial charge in [0.25, 0.3) is 0 Å². The summed E-state index contributed by atoms with van der Waals surface area (Å²) in [6.45, 7) is -0.224. The molecule has 2 aromatic rings. The molecule has 0 atom stereocenters. The molecule has 0 aliphatic heterocycles. The van der Waals surface area contributed by atoms with Gasteiger partial charge in [0, 0.05) is 17.4 Å². The van der Waals surface area contributed by atoms with Crippen LogP contribution in [0.1, 0.15) is 0 Å². The standard InChI is InChI=1S/C14H10ClF2N3O3/c15-10-5-9(2-3-11(10)16)19-14(21)7-18-8-1-4-12(17)13(6-8)20(22)23/h1-6,18H,7H2,(H,19,21). The second kappa shape index (κ2) is 7.01. The highest BCUT2D eigenvalue weighted by Gasteiger charge is 2.14. The van der Waals surface area contributed by atoms with Gasteiger partial charge in [-0.05, 0) is 30.3 Å². The quantitative estimate of drug-likeness (QED) is 0.643. The Hall–Kier alpha value is -2.74. The van der Waals surface area contributed by atoms with E-state index in [4.69, 9.17) is 11.6 Å². The summed E-state index contributed by atoms with van der Waals surface area (Å²) in [7, 11) is 0. The van der Waals surface area contributed by atoms with Gasteiger partial charge in [-0.3, -0.25) is 14.9 Å². The molecule has 0 aliphatic rings. The lowest BCUT2D eigenvalue weighted by molar-refractivity contribution is -0.387. The van der Waals surface area contributed by atoms with Crippen LogP contribution in [0.4, 0.5) is 25.8 Å². The number of rotatable bonds is 5. The molecule has 120 valence electrons. The minimum Gasteiger partial charge on any atom is -0.376 e. The molecule has 6 nitrogen and oxygen atoms in total. The van der Waals surface area contributed by atoms with Crippen molar-refractivity contribution in [3.8, 4) is 0 Å². The summed E-state index contributed by atoms with van der Waals surface area (Å²) in [6, 6.07) is 6.87. The number of anilines is 2. The minimum atomic E-state index is -0.967. The molecule has 0 saturated carbocycles. The molecule has 0 saturated heterocycles. The monoisotopic (exact) mass is 341 g/mol. The Morgan fingerprint density at radius 3 is 2.43 bits per heavy atom. The maximum Gasteiger partial charge on any atom is 0.306 e. The van der Waals surface area contributed by atoms with Crippen LogP contribution in [0.2, 0.25) is 5.02 Å². The maximum atomic E-state index is 13.2. The van der Waals surface area contributed by atoms with Gasteiger partial charge in [0.1, 0.15) is 5.82 Å². The molecule has 0 aromatic heterocycles. The number of hydrogen-bond donors (Lipinski definition) is 2. The van der Waals surface area contributed by atoms with Gasteiger partial charge in [0.2, 0.25) is 11.7 Å². The Morgan fingerprint density at radius 2 is 1.78 bits per heavy atom. The van der Waals surface area contributed by atoms with Crippen molar-refractivity contribution in [2.24, 2.45) is 0 Å². The van der Waals surface area contributed by atoms with E-state index in [1.807, 2.05) is 0 Å². The third-order valence-corrected chi connectivity index (χ3v) is 3.09. The molecule has 9 heteroatoms. The van der Waals surface area contributed by atoms with Gasteiger partial charge in [-0.25, -0.2) is 4.39 Å². The predicted octanol–water partition coefficient (Wildman–Crippen LogP) is 3.58. The normalized spacial score (nSPS) is 10.2. The molecule has 23 heavy (non-hydrogen) atoms. The number of carbonyl (C=O) groups excluding carboxylic acids is 1. The lowest BCUT2D eigenvalue weighted by Crippen LogP contribution is -2.21. The van der Waals surface area contributed by atoms with Crippen molar-refractivity contribution in [3.63, 3.8) is 0 Å². The van der Waals surface area contributed by atoms with Gasteiger partial charge >= 0.3 is 5.69 Å². The summed E-state index contributed by atoms with van der Waals surface area (Å²) in [5.41, 5.74) is -0.181. The summed E-state index contributed by atoms with van der Waals surface area (Å²) in [5, 5.41) is 15.6. The number of carbonyl (C=O) groups is 1. The molecule has 0 unspecified atom stereocenters. The Labute approximate surface area is 134 Å². The van der Waals surface area contributed by atoms with Crippen molar-refractivity contribution in [2.75, 3.05) is 17.2 Å². The fourth-order valence-electron chi connectivity index (χ4n) is 1.72. The summed E-state index contributed by atoms with van der Waals surface area (Å²) >= 11 is 5.59. The Kier molecular flexibility index (Phi) is 5.07. The van der Waals surface area contributed by atoms with Crippen LogP contribution >= 0.6 is 11.6 Å². The van der Waals surface area contributed by atoms with E-state index in [1.165, 1.54) is 18.2 Å². The average Bonchev–Trinajstić information content (AvgIpc) is 2.50. The third kappa shape index (κ3) is 4.36. The van der Waals surface area contributed by atoms with E-state index in [0.717, 1.165) is 18.2 Å². The summed E-state index contributed by atoms with van der Waals surface area (Å²) in [4.78, 5) is 21.5. The van der Waals surface area contributed by atoms with Crippen LogP contribution in [0, 0.1) is 21.7 Å². The molecule has 2 N–H and O–H groups in total. The van der Waals surface area contributed by atoms with Crippen LogP contribution in [0.5, 0.6) is 0 Å². The third-order valence-electron chi connectivity index (χ3n) is 2.80. The molecule has 2 aromatic carbocycles. The van der Waals surface area contributed by atoms with Crippen molar-refractivity contribution in [1.82, 2.24) is 0 Å². The van der Waals surface area contributed by atoms with Crippen LogP contribution in [0.25, 0.3) is 0 Å². The van der Waals surface area contributed by atoms with Crippen LogP contribution in [0.15, 0.2) is 36.4 Å².